The summed E-state index contributed by atoms with van der Waals surface area (Å²) in [6, 6.07) is 0. The average molecular weight is 262 g/mol. The second kappa shape index (κ2) is 5.19. The van der Waals surface area contributed by atoms with Gasteiger partial charge in [-0.2, -0.15) is 0 Å². The maximum Gasteiger partial charge on any atom is 0.213 e. The number of likely N-dealkylation sites (tertiary alicyclic amines) is 1. The number of ether oxygens (including phenoxy) is 2. The van der Waals surface area contributed by atoms with Crippen LogP contribution in [0.15, 0.2) is 0 Å². The van der Waals surface area contributed by atoms with Crippen molar-refractivity contribution in [3.05, 3.63) is 7.05 Å². The molecule has 2 saturated heterocycles. The van der Waals surface area contributed by atoms with Crippen molar-refractivity contribution in [2.24, 2.45) is 0 Å². The van der Waals surface area contributed by atoms with E-state index in [2.05, 4.69) is 4.90 Å². The van der Waals surface area contributed by atoms with Crippen LogP contribution in [0.5, 0.6) is 0 Å². The minimum Gasteiger partial charge on any atom is -0.347 e. The molecule has 2 heterocycles. The first-order valence-corrected chi connectivity index (χ1v) is 7.41. The average Bonchev–Trinajstić information content (AvgIpc) is 2.77. The van der Waals surface area contributed by atoms with Crippen molar-refractivity contribution in [3.63, 3.8) is 0 Å². The Labute approximate surface area is 102 Å². The highest BCUT2D eigenvalue weighted by molar-refractivity contribution is 7.89. The van der Waals surface area contributed by atoms with Gasteiger partial charge < -0.3 is 14.4 Å². The van der Waals surface area contributed by atoms with Crippen LogP contribution in [-0.4, -0.2) is 57.7 Å². The first-order chi connectivity index (χ1) is 8.05. The van der Waals surface area contributed by atoms with E-state index in [1.807, 2.05) is 4.72 Å². The molecule has 0 atom stereocenters. The van der Waals surface area contributed by atoms with E-state index in [-0.39, 0.29) is 5.75 Å². The first kappa shape index (κ1) is 13.2. The van der Waals surface area contributed by atoms with Crippen LogP contribution >= 0.6 is 0 Å². The molecule has 6 nitrogen and oxygen atoms in total. The van der Waals surface area contributed by atoms with Crippen molar-refractivity contribution in [1.29, 1.82) is 0 Å². The molecule has 1 N–H and O–H groups in total. The number of hydrogen-bond donors (Lipinski definition) is 1. The van der Waals surface area contributed by atoms with Gasteiger partial charge in [-0.15, -0.1) is 0 Å². The molecule has 0 aromatic carbocycles. The lowest BCUT2D eigenvalue weighted by molar-refractivity contribution is -0.184. The molecule has 0 aromatic rings. The molecule has 98 valence electrons. The van der Waals surface area contributed by atoms with Gasteiger partial charge in [0.05, 0.1) is 26.0 Å². The van der Waals surface area contributed by atoms with Gasteiger partial charge in [0, 0.05) is 32.5 Å². The van der Waals surface area contributed by atoms with E-state index in [0.29, 0.717) is 19.8 Å². The Morgan fingerprint density at radius 2 is 1.82 bits per heavy atom. The first-order valence-electron chi connectivity index (χ1n) is 5.76. The SMILES string of the molecule is [CH]NS(=O)(=O)CCN1CCC2(CC1)OCCO2. The summed E-state index contributed by atoms with van der Waals surface area (Å²) in [6.07, 6.45) is 1.59. The third-order valence-corrected chi connectivity index (χ3v) is 4.37. The molecule has 0 unspecified atom stereocenters. The van der Waals surface area contributed by atoms with E-state index in [1.54, 1.807) is 0 Å². The molecule has 2 aliphatic heterocycles. The van der Waals surface area contributed by atoms with Crippen molar-refractivity contribution in [2.45, 2.75) is 18.6 Å². The summed E-state index contributed by atoms with van der Waals surface area (Å²) in [5, 5.41) is 0. The maximum absolute atomic E-state index is 11.2. The van der Waals surface area contributed by atoms with Crippen molar-refractivity contribution in [2.75, 3.05) is 38.6 Å². The summed E-state index contributed by atoms with van der Waals surface area (Å²) < 4.78 is 35.4. The third-order valence-electron chi connectivity index (χ3n) is 3.29. The Balaban J connectivity index is 1.76. The molecule has 1 spiro atoms. The Bertz CT molecular complexity index is 341. The van der Waals surface area contributed by atoms with Crippen LogP contribution in [-0.2, 0) is 19.5 Å². The molecular formula is C10H18N2O4S. The summed E-state index contributed by atoms with van der Waals surface area (Å²) >= 11 is 0. The Morgan fingerprint density at radius 1 is 1.24 bits per heavy atom. The highest BCUT2D eigenvalue weighted by Gasteiger charge is 2.39. The van der Waals surface area contributed by atoms with Gasteiger partial charge in [-0.25, -0.2) is 13.1 Å². The van der Waals surface area contributed by atoms with Gasteiger partial charge in [0.25, 0.3) is 0 Å². The zero-order valence-electron chi connectivity index (χ0n) is 9.72. The monoisotopic (exact) mass is 262 g/mol. The Morgan fingerprint density at radius 3 is 2.35 bits per heavy atom. The fourth-order valence-corrected chi connectivity index (χ4v) is 2.83. The lowest BCUT2D eigenvalue weighted by Crippen LogP contribution is -2.46. The normalized spacial score (nSPS) is 25.5. The van der Waals surface area contributed by atoms with Crippen molar-refractivity contribution in [3.8, 4) is 0 Å². The summed E-state index contributed by atoms with van der Waals surface area (Å²) in [7, 11) is 1.60. The van der Waals surface area contributed by atoms with Crippen LogP contribution < -0.4 is 4.72 Å². The lowest BCUT2D eigenvalue weighted by Gasteiger charge is -2.37. The number of piperidine rings is 1. The molecular weight excluding hydrogens is 244 g/mol. The van der Waals surface area contributed by atoms with Crippen LogP contribution in [0.25, 0.3) is 0 Å². The van der Waals surface area contributed by atoms with E-state index < -0.39 is 15.8 Å². The molecule has 0 bridgehead atoms. The second-order valence-electron chi connectivity index (χ2n) is 4.39. The standard InChI is InChI=1S/C10H18N2O4S/c1-11-17(13,14)9-6-12-4-2-10(3-5-12)15-7-8-16-10/h1,11H,2-9H2. The van der Waals surface area contributed by atoms with Crippen LogP contribution in [0, 0.1) is 7.05 Å². The van der Waals surface area contributed by atoms with E-state index in [1.165, 1.54) is 0 Å². The smallest absolute Gasteiger partial charge is 0.213 e. The minimum absolute atomic E-state index is 0.0260. The van der Waals surface area contributed by atoms with Gasteiger partial charge in [-0.05, 0) is 0 Å². The molecule has 0 saturated carbocycles. The van der Waals surface area contributed by atoms with Crippen LogP contribution in [0.4, 0.5) is 0 Å². The van der Waals surface area contributed by atoms with Gasteiger partial charge in [-0.1, -0.05) is 0 Å². The zero-order chi connectivity index (χ0) is 12.4. The lowest BCUT2D eigenvalue weighted by atomic mass is 10.0. The number of nitrogens with zero attached hydrogens (tertiary/aromatic N) is 1. The van der Waals surface area contributed by atoms with E-state index >= 15 is 0 Å². The summed E-state index contributed by atoms with van der Waals surface area (Å²) in [4.78, 5) is 2.09. The number of hydrogen-bond acceptors (Lipinski definition) is 5. The molecule has 2 radical (unpaired) electrons. The predicted molar refractivity (Wildman–Crippen MR) is 61.5 cm³/mol. The number of rotatable bonds is 4. The fraction of sp³-hybridized carbons (Fsp3) is 0.900. The molecule has 17 heavy (non-hydrogen) atoms. The molecule has 0 aromatic heterocycles. The van der Waals surface area contributed by atoms with Gasteiger partial charge in [0.1, 0.15) is 0 Å². The molecule has 2 fully saturated rings. The van der Waals surface area contributed by atoms with Crippen molar-refractivity contribution < 1.29 is 17.9 Å². The Kier molecular flexibility index (Phi) is 4.04. The predicted octanol–water partition coefficient (Wildman–Crippen LogP) is -0.587. The van der Waals surface area contributed by atoms with Gasteiger partial charge in [0.15, 0.2) is 5.79 Å². The fourth-order valence-electron chi connectivity index (χ4n) is 2.21. The van der Waals surface area contributed by atoms with E-state index in [0.717, 1.165) is 25.9 Å². The summed E-state index contributed by atoms with van der Waals surface area (Å²) in [6.45, 7) is 3.39. The van der Waals surface area contributed by atoms with Gasteiger partial charge >= 0.3 is 0 Å². The largest absolute Gasteiger partial charge is 0.347 e. The van der Waals surface area contributed by atoms with Gasteiger partial charge in [-0.3, -0.25) is 0 Å². The quantitative estimate of drug-likeness (QED) is 0.686. The summed E-state index contributed by atoms with van der Waals surface area (Å²) in [5.74, 6) is -0.375. The van der Waals surface area contributed by atoms with E-state index in [4.69, 9.17) is 16.5 Å². The molecule has 2 rings (SSSR count). The van der Waals surface area contributed by atoms with E-state index in [9.17, 15) is 8.42 Å². The number of sulfonamides is 1. The third kappa shape index (κ3) is 3.38. The van der Waals surface area contributed by atoms with Gasteiger partial charge in [0.2, 0.25) is 10.0 Å². The Hall–Kier alpha value is -0.210. The van der Waals surface area contributed by atoms with Crippen molar-refractivity contribution in [1.82, 2.24) is 9.62 Å². The summed E-state index contributed by atoms with van der Waals surface area (Å²) in [5.41, 5.74) is 0. The molecule has 0 aliphatic carbocycles. The topological polar surface area (TPSA) is 67.9 Å². The van der Waals surface area contributed by atoms with Crippen LogP contribution in [0.1, 0.15) is 12.8 Å². The molecule has 7 heteroatoms. The molecule has 2 aliphatic rings. The minimum atomic E-state index is -3.32. The highest BCUT2D eigenvalue weighted by atomic mass is 32.2. The zero-order valence-corrected chi connectivity index (χ0v) is 10.5. The number of nitrogens with one attached hydrogen (secondary N) is 1. The van der Waals surface area contributed by atoms with Crippen LogP contribution in [0.3, 0.4) is 0 Å². The molecule has 0 amide bonds. The van der Waals surface area contributed by atoms with Crippen molar-refractivity contribution >= 4 is 10.0 Å². The second-order valence-corrected chi connectivity index (χ2v) is 6.26. The maximum atomic E-state index is 11.2. The highest BCUT2D eigenvalue weighted by Crippen LogP contribution is 2.30. The van der Waals surface area contributed by atoms with Crippen LogP contribution in [0.2, 0.25) is 0 Å².